The first-order valence-electron chi connectivity index (χ1n) is 8.56. The zero-order valence-electron chi connectivity index (χ0n) is 13.6. The van der Waals surface area contributed by atoms with Crippen molar-refractivity contribution in [1.82, 2.24) is 10.2 Å². The highest BCUT2D eigenvalue weighted by atomic mass is 16.7. The fraction of sp³-hybridized carbons (Fsp3) is 0.556. The van der Waals surface area contributed by atoms with E-state index in [2.05, 4.69) is 16.3 Å². The molecule has 0 unspecified atom stereocenters. The minimum atomic E-state index is 0.295. The van der Waals surface area contributed by atoms with Crippen LogP contribution in [0, 0.1) is 0 Å². The number of hydrogen-bond acceptors (Lipinski definition) is 5. The molecule has 0 radical (unpaired) electrons. The lowest BCUT2D eigenvalue weighted by Gasteiger charge is -2.31. The van der Waals surface area contributed by atoms with Gasteiger partial charge in [-0.05, 0) is 50.6 Å². The molecule has 1 saturated heterocycles. The summed E-state index contributed by atoms with van der Waals surface area (Å²) < 4.78 is 17.1. The quantitative estimate of drug-likeness (QED) is 0.923. The number of rotatable bonds is 4. The number of hydrogen-bond donors (Lipinski definition) is 1. The van der Waals surface area contributed by atoms with E-state index in [4.69, 9.17) is 14.2 Å². The van der Waals surface area contributed by atoms with Crippen molar-refractivity contribution in [2.75, 3.05) is 39.6 Å². The summed E-state index contributed by atoms with van der Waals surface area (Å²) in [7, 11) is 0. The molecule has 5 heteroatoms. The first-order valence-corrected chi connectivity index (χ1v) is 8.56. The van der Waals surface area contributed by atoms with Crippen molar-refractivity contribution < 1.29 is 14.2 Å². The van der Waals surface area contributed by atoms with Gasteiger partial charge < -0.3 is 19.5 Å². The number of nitrogens with one attached hydrogen (secondary N) is 1. The van der Waals surface area contributed by atoms with Crippen molar-refractivity contribution in [3.63, 3.8) is 0 Å². The van der Waals surface area contributed by atoms with Crippen molar-refractivity contribution >= 4 is 5.57 Å². The molecule has 0 aromatic heterocycles. The minimum Gasteiger partial charge on any atom is -0.493 e. The van der Waals surface area contributed by atoms with Crippen LogP contribution < -0.4 is 19.5 Å². The Hall–Kier alpha value is -1.72. The van der Waals surface area contributed by atoms with Crippen LogP contribution in [0.25, 0.3) is 5.57 Å². The Morgan fingerprint density at radius 2 is 2.13 bits per heavy atom. The van der Waals surface area contributed by atoms with Crippen molar-refractivity contribution in [2.24, 2.45) is 0 Å². The predicted octanol–water partition coefficient (Wildman–Crippen LogP) is 2.26. The fourth-order valence-corrected chi connectivity index (χ4v) is 3.74. The van der Waals surface area contributed by atoms with Crippen LogP contribution in [-0.2, 0) is 0 Å². The van der Waals surface area contributed by atoms with Crippen LogP contribution >= 0.6 is 0 Å². The summed E-state index contributed by atoms with van der Waals surface area (Å²) in [6.07, 6.45) is 4.78. The van der Waals surface area contributed by atoms with Crippen LogP contribution in [0.2, 0.25) is 0 Å². The lowest BCUT2D eigenvalue weighted by molar-refractivity contribution is 0.173. The summed E-state index contributed by atoms with van der Waals surface area (Å²) >= 11 is 0. The molecule has 3 aliphatic rings. The number of ether oxygens (including phenoxy) is 3. The Morgan fingerprint density at radius 1 is 1.26 bits per heavy atom. The van der Waals surface area contributed by atoms with E-state index in [0.717, 1.165) is 49.0 Å². The van der Waals surface area contributed by atoms with Gasteiger partial charge in [0.05, 0.1) is 12.2 Å². The molecule has 1 aromatic rings. The van der Waals surface area contributed by atoms with Gasteiger partial charge in [0.15, 0.2) is 11.5 Å². The van der Waals surface area contributed by atoms with Crippen LogP contribution in [0.15, 0.2) is 18.2 Å². The SMILES string of the molecule is CCOc1ccc2c(c1C1=CCN(C3CCNCC3)C1)OCO2. The molecule has 1 N–H and O–H groups in total. The molecule has 1 fully saturated rings. The van der Waals surface area contributed by atoms with E-state index < -0.39 is 0 Å². The molecule has 124 valence electrons. The molecule has 0 atom stereocenters. The largest absolute Gasteiger partial charge is 0.493 e. The number of nitrogens with zero attached hydrogens (tertiary/aromatic N) is 1. The maximum atomic E-state index is 5.85. The highest BCUT2D eigenvalue weighted by Crippen LogP contribution is 2.45. The van der Waals surface area contributed by atoms with Gasteiger partial charge in [0.2, 0.25) is 6.79 Å². The van der Waals surface area contributed by atoms with Crippen molar-refractivity contribution in [2.45, 2.75) is 25.8 Å². The zero-order chi connectivity index (χ0) is 15.6. The molecule has 3 heterocycles. The fourth-order valence-electron chi connectivity index (χ4n) is 3.74. The molecule has 0 bridgehead atoms. The van der Waals surface area contributed by atoms with Gasteiger partial charge in [-0.2, -0.15) is 0 Å². The van der Waals surface area contributed by atoms with Gasteiger partial charge in [0, 0.05) is 19.1 Å². The summed E-state index contributed by atoms with van der Waals surface area (Å²) in [6.45, 7) is 7.18. The molecule has 3 aliphatic heterocycles. The number of benzene rings is 1. The molecule has 1 aromatic carbocycles. The Morgan fingerprint density at radius 3 is 2.96 bits per heavy atom. The second-order valence-electron chi connectivity index (χ2n) is 6.25. The third kappa shape index (κ3) is 2.79. The molecular weight excluding hydrogens is 292 g/mol. The van der Waals surface area contributed by atoms with Crippen molar-refractivity contribution in [1.29, 1.82) is 0 Å². The van der Waals surface area contributed by atoms with E-state index >= 15 is 0 Å². The lowest BCUT2D eigenvalue weighted by Crippen LogP contribution is -2.42. The van der Waals surface area contributed by atoms with Gasteiger partial charge in [-0.3, -0.25) is 4.90 Å². The Labute approximate surface area is 137 Å². The summed E-state index contributed by atoms with van der Waals surface area (Å²) in [4.78, 5) is 2.57. The van der Waals surface area contributed by atoms with E-state index in [-0.39, 0.29) is 0 Å². The normalized spacial score (nSPS) is 21.5. The van der Waals surface area contributed by atoms with Gasteiger partial charge in [0.1, 0.15) is 5.75 Å². The summed E-state index contributed by atoms with van der Waals surface area (Å²) in [5, 5.41) is 3.44. The highest BCUT2D eigenvalue weighted by Gasteiger charge is 2.30. The summed E-state index contributed by atoms with van der Waals surface area (Å²) in [6, 6.07) is 4.62. The van der Waals surface area contributed by atoms with Crippen LogP contribution in [0.3, 0.4) is 0 Å². The molecule has 4 rings (SSSR count). The van der Waals surface area contributed by atoms with Crippen LogP contribution in [-0.4, -0.2) is 50.5 Å². The summed E-state index contributed by atoms with van der Waals surface area (Å²) in [5.74, 6) is 2.56. The third-order valence-corrected chi connectivity index (χ3v) is 4.89. The van der Waals surface area contributed by atoms with Gasteiger partial charge in [-0.15, -0.1) is 0 Å². The average molecular weight is 316 g/mol. The van der Waals surface area contributed by atoms with Crippen LogP contribution in [0.1, 0.15) is 25.3 Å². The van der Waals surface area contributed by atoms with E-state index in [0.29, 0.717) is 19.4 Å². The molecule has 5 nitrogen and oxygen atoms in total. The standard InChI is InChI=1S/C18H24N2O3/c1-2-21-15-3-4-16-18(23-12-22-16)17(15)13-7-10-20(11-13)14-5-8-19-9-6-14/h3-4,7,14,19H,2,5-6,8-12H2,1H3. The van der Waals surface area contributed by atoms with Crippen molar-refractivity contribution in [3.05, 3.63) is 23.8 Å². The maximum Gasteiger partial charge on any atom is 0.231 e. The van der Waals surface area contributed by atoms with E-state index in [1.54, 1.807) is 0 Å². The third-order valence-electron chi connectivity index (χ3n) is 4.89. The topological polar surface area (TPSA) is 43.0 Å². The van der Waals surface area contributed by atoms with Gasteiger partial charge >= 0.3 is 0 Å². The molecule has 0 aliphatic carbocycles. The van der Waals surface area contributed by atoms with Crippen LogP contribution in [0.5, 0.6) is 17.2 Å². The number of piperidine rings is 1. The highest BCUT2D eigenvalue weighted by molar-refractivity contribution is 5.80. The number of fused-ring (bicyclic) bond motifs is 1. The van der Waals surface area contributed by atoms with Crippen LogP contribution in [0.4, 0.5) is 0 Å². The monoisotopic (exact) mass is 316 g/mol. The maximum absolute atomic E-state index is 5.85. The van der Waals surface area contributed by atoms with E-state index in [9.17, 15) is 0 Å². The van der Waals surface area contributed by atoms with Gasteiger partial charge in [-0.1, -0.05) is 6.08 Å². The Bertz CT molecular complexity index is 609. The Kier molecular flexibility index (Phi) is 4.14. The second-order valence-corrected chi connectivity index (χ2v) is 6.25. The smallest absolute Gasteiger partial charge is 0.231 e. The predicted molar refractivity (Wildman–Crippen MR) is 89.2 cm³/mol. The van der Waals surface area contributed by atoms with Crippen molar-refractivity contribution in [3.8, 4) is 17.2 Å². The lowest BCUT2D eigenvalue weighted by atomic mass is 10.0. The van der Waals surface area contributed by atoms with E-state index in [1.165, 1.54) is 18.4 Å². The van der Waals surface area contributed by atoms with Gasteiger partial charge in [-0.25, -0.2) is 0 Å². The molecule has 0 spiro atoms. The average Bonchev–Trinajstić information content (AvgIpc) is 3.25. The van der Waals surface area contributed by atoms with E-state index in [1.807, 2.05) is 19.1 Å². The second kappa shape index (κ2) is 6.42. The summed E-state index contributed by atoms with van der Waals surface area (Å²) in [5.41, 5.74) is 2.38. The molecular formula is C18H24N2O3. The molecule has 0 saturated carbocycles. The first kappa shape index (κ1) is 14.8. The zero-order valence-corrected chi connectivity index (χ0v) is 13.6. The Balaban J connectivity index is 1.59. The molecule has 23 heavy (non-hydrogen) atoms. The molecule has 0 amide bonds. The van der Waals surface area contributed by atoms with Gasteiger partial charge in [0.25, 0.3) is 0 Å². The first-order chi connectivity index (χ1) is 11.4. The minimum absolute atomic E-state index is 0.295.